The van der Waals surface area contributed by atoms with Crippen LogP contribution in [0.15, 0.2) is 66.7 Å². The maximum absolute atomic E-state index is 15.6. The predicted molar refractivity (Wildman–Crippen MR) is 166 cm³/mol. The van der Waals surface area contributed by atoms with Gasteiger partial charge in [0.1, 0.15) is 23.5 Å². The molecule has 2 aliphatic heterocycles. The number of aryl methyl sites for hydroxylation is 1. The Bertz CT molecular complexity index is 1960. The summed E-state index contributed by atoms with van der Waals surface area (Å²) in [7, 11) is 1.33. The maximum atomic E-state index is 15.6. The minimum atomic E-state index is -4.61. The molecule has 6 rings (SSSR count). The van der Waals surface area contributed by atoms with Gasteiger partial charge in [0.05, 0.1) is 49.6 Å². The number of alkyl halides is 5. The maximum Gasteiger partial charge on any atom is 0.416 e. The van der Waals surface area contributed by atoms with E-state index in [1.807, 2.05) is 0 Å². The molecule has 256 valence electrons. The fraction of sp³-hybridized carbons (Fsp3) is 0.286. The molecule has 2 aliphatic rings. The number of halogens is 6. The van der Waals surface area contributed by atoms with Crippen molar-refractivity contribution in [1.82, 2.24) is 9.88 Å². The van der Waals surface area contributed by atoms with E-state index < -0.39 is 60.8 Å². The molecule has 1 aromatic heterocycles. The van der Waals surface area contributed by atoms with Crippen molar-refractivity contribution < 1.29 is 50.5 Å². The van der Waals surface area contributed by atoms with Gasteiger partial charge in [0.15, 0.2) is 0 Å². The van der Waals surface area contributed by atoms with Gasteiger partial charge in [-0.2, -0.15) is 13.2 Å². The summed E-state index contributed by atoms with van der Waals surface area (Å²) in [6, 6.07) is 13.7. The number of cyclic esters (lactones) is 1. The number of carbonyl (C=O) groups excluding carboxylic acids is 1. The van der Waals surface area contributed by atoms with Gasteiger partial charge in [-0.05, 0) is 73.0 Å². The number of rotatable bonds is 8. The number of carbonyl (C=O) groups is 2. The van der Waals surface area contributed by atoms with E-state index in [4.69, 9.17) is 9.47 Å². The summed E-state index contributed by atoms with van der Waals surface area (Å²) in [5.41, 5.74) is 1.14. The molecule has 4 aromatic rings. The number of anilines is 1. The molecule has 0 spiro atoms. The number of amides is 1. The molecule has 2 saturated heterocycles. The number of carboxylic acid groups (broad SMARTS) is 1. The van der Waals surface area contributed by atoms with Crippen LogP contribution in [0.25, 0.3) is 22.3 Å². The number of hydrogen-bond acceptors (Lipinski definition) is 6. The molecule has 3 aromatic carbocycles. The van der Waals surface area contributed by atoms with E-state index in [9.17, 15) is 36.6 Å². The highest BCUT2D eigenvalue weighted by molar-refractivity contribution is 5.89. The lowest BCUT2D eigenvalue weighted by atomic mass is 9.93. The van der Waals surface area contributed by atoms with Crippen LogP contribution in [-0.2, 0) is 17.5 Å². The van der Waals surface area contributed by atoms with E-state index in [2.05, 4.69) is 4.98 Å². The van der Waals surface area contributed by atoms with Crippen LogP contribution >= 0.6 is 0 Å². The second-order valence-corrected chi connectivity index (χ2v) is 12.0. The van der Waals surface area contributed by atoms with E-state index in [-0.39, 0.29) is 40.5 Å². The van der Waals surface area contributed by atoms with E-state index in [0.29, 0.717) is 22.3 Å². The topological polar surface area (TPSA) is 92.2 Å². The predicted octanol–water partition coefficient (Wildman–Crippen LogP) is 8.13. The molecule has 3 heterocycles. The third-order valence-corrected chi connectivity index (χ3v) is 8.73. The molecule has 0 aliphatic carbocycles. The fourth-order valence-corrected chi connectivity index (χ4v) is 6.16. The molecule has 0 radical (unpaired) electrons. The first-order valence-electron chi connectivity index (χ1n) is 15.1. The molecule has 2 atom stereocenters. The standard InChI is InChI=1S/C35H29F6N3O5/c1-18-11-21(32(45)46)7-8-23(18)25-13-26(29(48-3)14-27(25)36)24-9-10-30(43-16-34(37,38)17-43)42-28(24)15-44-19(2)31(49-33(44)47)20-5-4-6-22(12-20)35(39,40)41/h4-14,19,31H,15-17H2,1-3H3,(H,45,46)/t19-,31?/m0/s1. The van der Waals surface area contributed by atoms with Gasteiger partial charge in [-0.25, -0.2) is 27.7 Å². The second kappa shape index (κ2) is 12.3. The smallest absolute Gasteiger partial charge is 0.416 e. The zero-order valence-corrected chi connectivity index (χ0v) is 26.3. The van der Waals surface area contributed by atoms with Gasteiger partial charge in [-0.3, -0.25) is 4.90 Å². The Hall–Kier alpha value is -5.27. The summed E-state index contributed by atoms with van der Waals surface area (Å²) in [6.45, 7) is 1.85. The lowest BCUT2D eigenvalue weighted by Gasteiger charge is -2.39. The monoisotopic (exact) mass is 685 g/mol. The van der Waals surface area contributed by atoms with Crippen molar-refractivity contribution in [3.63, 3.8) is 0 Å². The second-order valence-electron chi connectivity index (χ2n) is 12.0. The number of methoxy groups -OCH3 is 1. The molecule has 1 N–H and O–H groups in total. The highest BCUT2D eigenvalue weighted by Crippen LogP contribution is 2.42. The Morgan fingerprint density at radius 3 is 2.37 bits per heavy atom. The van der Waals surface area contributed by atoms with Crippen LogP contribution in [0.1, 0.15) is 45.8 Å². The van der Waals surface area contributed by atoms with Crippen LogP contribution in [0, 0.1) is 12.7 Å². The van der Waals surface area contributed by atoms with E-state index in [0.717, 1.165) is 18.2 Å². The summed E-state index contributed by atoms with van der Waals surface area (Å²) in [6.07, 6.45) is -6.50. The van der Waals surface area contributed by atoms with Crippen molar-refractivity contribution in [1.29, 1.82) is 0 Å². The minimum absolute atomic E-state index is 0.0177. The number of nitrogens with zero attached hydrogens (tertiary/aromatic N) is 3. The molecule has 14 heteroatoms. The van der Waals surface area contributed by atoms with E-state index in [1.165, 1.54) is 59.4 Å². The third-order valence-electron chi connectivity index (χ3n) is 8.73. The molecule has 1 amide bonds. The average Bonchev–Trinajstić information content (AvgIpc) is 3.31. The number of ether oxygens (including phenoxy) is 2. The highest BCUT2D eigenvalue weighted by Gasteiger charge is 2.45. The van der Waals surface area contributed by atoms with Crippen molar-refractivity contribution >= 4 is 17.9 Å². The molecule has 8 nitrogen and oxygen atoms in total. The zero-order valence-electron chi connectivity index (χ0n) is 26.3. The Morgan fingerprint density at radius 2 is 1.73 bits per heavy atom. The Labute approximate surface area is 276 Å². The summed E-state index contributed by atoms with van der Waals surface area (Å²) in [5, 5.41) is 9.38. The molecule has 1 unspecified atom stereocenters. The van der Waals surface area contributed by atoms with Crippen LogP contribution in [0.3, 0.4) is 0 Å². The number of benzene rings is 3. The summed E-state index contributed by atoms with van der Waals surface area (Å²) in [5.74, 6) is -4.44. The van der Waals surface area contributed by atoms with Crippen molar-refractivity contribution in [2.24, 2.45) is 0 Å². The SMILES string of the molecule is COc1cc(F)c(-c2ccc(C(=O)O)cc2C)cc1-c1ccc(N2CC(F)(F)C2)nc1CN1C(=O)OC(c2cccc(C(F)(F)F)c2)[C@@H]1C. The van der Waals surface area contributed by atoms with Gasteiger partial charge in [0.2, 0.25) is 0 Å². The molecular formula is C35H29F6N3O5. The first-order valence-corrected chi connectivity index (χ1v) is 15.1. The zero-order chi connectivity index (χ0) is 35.4. The minimum Gasteiger partial charge on any atom is -0.496 e. The average molecular weight is 686 g/mol. The van der Waals surface area contributed by atoms with Crippen LogP contribution in [0.4, 0.5) is 37.0 Å². The van der Waals surface area contributed by atoms with Gasteiger partial charge in [-0.15, -0.1) is 0 Å². The lowest BCUT2D eigenvalue weighted by Crippen LogP contribution is -2.56. The van der Waals surface area contributed by atoms with Crippen LogP contribution in [0.2, 0.25) is 0 Å². The Morgan fingerprint density at radius 1 is 1.02 bits per heavy atom. The van der Waals surface area contributed by atoms with Gasteiger partial charge in [0, 0.05) is 22.8 Å². The summed E-state index contributed by atoms with van der Waals surface area (Å²) < 4.78 is 94.6. The van der Waals surface area contributed by atoms with Crippen molar-refractivity contribution in [2.45, 2.75) is 44.6 Å². The van der Waals surface area contributed by atoms with Crippen molar-refractivity contribution in [2.75, 3.05) is 25.1 Å². The third kappa shape index (κ3) is 6.46. The van der Waals surface area contributed by atoms with Crippen LogP contribution < -0.4 is 9.64 Å². The number of hydrogen-bond donors (Lipinski definition) is 1. The summed E-state index contributed by atoms with van der Waals surface area (Å²) in [4.78, 5) is 32.0. The fourth-order valence-electron chi connectivity index (χ4n) is 6.16. The molecule has 49 heavy (non-hydrogen) atoms. The molecule has 0 bridgehead atoms. The van der Waals surface area contributed by atoms with Gasteiger partial charge < -0.3 is 19.5 Å². The highest BCUT2D eigenvalue weighted by atomic mass is 19.4. The van der Waals surface area contributed by atoms with E-state index >= 15 is 4.39 Å². The quantitative estimate of drug-likeness (QED) is 0.187. The molecular weight excluding hydrogens is 656 g/mol. The first kappa shape index (κ1) is 33.6. The number of pyridine rings is 1. The van der Waals surface area contributed by atoms with Crippen molar-refractivity contribution in [3.05, 3.63) is 100 Å². The van der Waals surface area contributed by atoms with Crippen LogP contribution in [0.5, 0.6) is 5.75 Å². The van der Waals surface area contributed by atoms with Gasteiger partial charge >= 0.3 is 18.2 Å². The molecule has 0 saturated carbocycles. The number of aromatic nitrogens is 1. The Balaban J connectivity index is 1.42. The molecule has 2 fully saturated rings. The van der Waals surface area contributed by atoms with Gasteiger partial charge in [-0.1, -0.05) is 18.2 Å². The lowest BCUT2D eigenvalue weighted by molar-refractivity contribution is -0.137. The van der Waals surface area contributed by atoms with E-state index in [1.54, 1.807) is 19.9 Å². The first-order chi connectivity index (χ1) is 23.1. The summed E-state index contributed by atoms with van der Waals surface area (Å²) >= 11 is 0. The van der Waals surface area contributed by atoms with Gasteiger partial charge in [0.25, 0.3) is 5.92 Å². The number of carboxylic acids is 1. The Kier molecular flexibility index (Phi) is 8.45. The van der Waals surface area contributed by atoms with Crippen LogP contribution in [-0.4, -0.2) is 59.2 Å². The number of aromatic carboxylic acids is 1. The van der Waals surface area contributed by atoms with Crippen molar-refractivity contribution in [3.8, 4) is 28.0 Å². The normalized spacial score (nSPS) is 18.7. The largest absolute Gasteiger partial charge is 0.496 e.